The number of hydrogen-bond acceptors (Lipinski definition) is 6. The monoisotopic (exact) mass is 326 g/mol. The van der Waals surface area contributed by atoms with Crippen LogP contribution < -0.4 is 5.32 Å². The summed E-state index contributed by atoms with van der Waals surface area (Å²) in [6.07, 6.45) is 6.53. The molecule has 0 radical (unpaired) electrons. The Bertz CT molecular complexity index is 845. The zero-order valence-corrected chi connectivity index (χ0v) is 13.7. The summed E-state index contributed by atoms with van der Waals surface area (Å²) in [6.45, 7) is 2.24. The lowest BCUT2D eigenvalue weighted by molar-refractivity contribution is 0.208. The quantitative estimate of drug-likeness (QED) is 0.771. The minimum absolute atomic E-state index is 0.423. The number of pyridine rings is 1. The van der Waals surface area contributed by atoms with Crippen molar-refractivity contribution < 1.29 is 5.11 Å². The van der Waals surface area contributed by atoms with Crippen LogP contribution >= 0.6 is 11.3 Å². The lowest BCUT2D eigenvalue weighted by atomic mass is 10.1. The van der Waals surface area contributed by atoms with Gasteiger partial charge in [-0.3, -0.25) is 4.98 Å². The van der Waals surface area contributed by atoms with Gasteiger partial charge in [-0.25, -0.2) is 9.97 Å². The fourth-order valence-corrected chi connectivity index (χ4v) is 4.25. The Hall–Kier alpha value is -2.05. The van der Waals surface area contributed by atoms with Crippen LogP contribution in [0, 0.1) is 0 Å². The second-order valence-corrected chi connectivity index (χ2v) is 6.99. The minimum atomic E-state index is -0.423. The van der Waals surface area contributed by atoms with E-state index >= 15 is 0 Å². The smallest absolute Gasteiger partial charge is 0.164 e. The van der Waals surface area contributed by atoms with Gasteiger partial charge in [0.05, 0.1) is 11.5 Å². The van der Waals surface area contributed by atoms with Crippen LogP contribution in [0.15, 0.2) is 24.5 Å². The van der Waals surface area contributed by atoms with Crippen LogP contribution in [0.5, 0.6) is 0 Å². The summed E-state index contributed by atoms with van der Waals surface area (Å²) in [7, 11) is 0. The van der Waals surface area contributed by atoms with Crippen molar-refractivity contribution in [2.45, 2.75) is 32.3 Å². The van der Waals surface area contributed by atoms with E-state index in [0.717, 1.165) is 34.4 Å². The Morgan fingerprint density at radius 2 is 2.26 bits per heavy atom. The average molecular weight is 326 g/mol. The Morgan fingerprint density at radius 1 is 1.35 bits per heavy atom. The van der Waals surface area contributed by atoms with E-state index in [0.29, 0.717) is 12.4 Å². The first-order chi connectivity index (χ1) is 11.2. The minimum Gasteiger partial charge on any atom is -0.392 e. The first-order valence-corrected chi connectivity index (χ1v) is 8.68. The van der Waals surface area contributed by atoms with E-state index in [2.05, 4.69) is 10.3 Å². The molecule has 0 bridgehead atoms. The van der Waals surface area contributed by atoms with Crippen molar-refractivity contribution in [2.24, 2.45) is 0 Å². The van der Waals surface area contributed by atoms with Crippen LogP contribution in [0.25, 0.3) is 21.6 Å². The highest BCUT2D eigenvalue weighted by Crippen LogP contribution is 2.40. The van der Waals surface area contributed by atoms with Crippen LogP contribution in [0.2, 0.25) is 0 Å². The molecule has 2 N–H and O–H groups in total. The summed E-state index contributed by atoms with van der Waals surface area (Å²) in [5.41, 5.74) is 2.29. The number of anilines is 1. The maximum atomic E-state index is 9.60. The molecule has 6 heteroatoms. The van der Waals surface area contributed by atoms with Gasteiger partial charge in [-0.05, 0) is 43.9 Å². The number of nitrogens with one attached hydrogen (secondary N) is 1. The van der Waals surface area contributed by atoms with Crippen LogP contribution in [-0.4, -0.2) is 32.7 Å². The lowest BCUT2D eigenvalue weighted by Crippen LogP contribution is -2.16. The number of aryl methyl sites for hydroxylation is 2. The van der Waals surface area contributed by atoms with Gasteiger partial charge in [0.25, 0.3) is 0 Å². The number of fused-ring (bicyclic) bond motifs is 3. The molecular formula is C17H18N4OS. The molecule has 1 atom stereocenters. The molecule has 1 aliphatic carbocycles. The Balaban J connectivity index is 1.87. The van der Waals surface area contributed by atoms with E-state index in [9.17, 15) is 5.11 Å². The van der Waals surface area contributed by atoms with Gasteiger partial charge in [0.2, 0.25) is 0 Å². The maximum Gasteiger partial charge on any atom is 0.164 e. The normalized spacial score (nSPS) is 14.9. The predicted octanol–water partition coefficient (Wildman–Crippen LogP) is 3.03. The molecule has 5 nitrogen and oxygen atoms in total. The third kappa shape index (κ3) is 2.68. The average Bonchev–Trinajstić information content (AvgIpc) is 3.13. The van der Waals surface area contributed by atoms with E-state index in [1.807, 2.05) is 12.1 Å². The Labute approximate surface area is 138 Å². The van der Waals surface area contributed by atoms with Crippen molar-refractivity contribution in [2.75, 3.05) is 11.9 Å². The molecule has 0 saturated heterocycles. The van der Waals surface area contributed by atoms with Gasteiger partial charge in [-0.15, -0.1) is 11.3 Å². The van der Waals surface area contributed by atoms with Gasteiger partial charge in [-0.2, -0.15) is 0 Å². The largest absolute Gasteiger partial charge is 0.392 e. The molecule has 0 spiro atoms. The summed E-state index contributed by atoms with van der Waals surface area (Å²) >= 11 is 1.77. The van der Waals surface area contributed by atoms with Gasteiger partial charge in [0.1, 0.15) is 10.6 Å². The van der Waals surface area contributed by atoms with Crippen LogP contribution in [-0.2, 0) is 12.8 Å². The molecule has 3 heterocycles. The fourth-order valence-electron chi connectivity index (χ4n) is 2.99. The van der Waals surface area contributed by atoms with Crippen molar-refractivity contribution in [3.63, 3.8) is 0 Å². The van der Waals surface area contributed by atoms with E-state index < -0.39 is 6.10 Å². The number of rotatable bonds is 4. The predicted molar refractivity (Wildman–Crippen MR) is 92.8 cm³/mol. The number of aromatic nitrogens is 3. The molecule has 1 aliphatic rings. The number of nitrogens with zero attached hydrogens (tertiary/aromatic N) is 3. The highest BCUT2D eigenvalue weighted by atomic mass is 32.1. The molecule has 1 unspecified atom stereocenters. The van der Waals surface area contributed by atoms with Gasteiger partial charge in [0, 0.05) is 29.4 Å². The van der Waals surface area contributed by atoms with Gasteiger partial charge in [-0.1, -0.05) is 0 Å². The topological polar surface area (TPSA) is 70.9 Å². The van der Waals surface area contributed by atoms with Crippen LogP contribution in [0.1, 0.15) is 23.8 Å². The standard InChI is InChI=1S/C17H18N4OS/c1-10(22)8-19-16-14-12-5-2-6-13(12)23-17(14)21-15(20-16)11-4-3-7-18-9-11/h3-4,7,9-10,22H,2,5-6,8H2,1H3,(H,19,20,21). The van der Waals surface area contributed by atoms with Crippen LogP contribution in [0.4, 0.5) is 5.82 Å². The summed E-state index contributed by atoms with van der Waals surface area (Å²) in [5.74, 6) is 1.51. The summed E-state index contributed by atoms with van der Waals surface area (Å²) in [5, 5.41) is 14.0. The highest BCUT2D eigenvalue weighted by Gasteiger charge is 2.22. The summed E-state index contributed by atoms with van der Waals surface area (Å²) in [6, 6.07) is 3.86. The second-order valence-electron chi connectivity index (χ2n) is 5.90. The van der Waals surface area contributed by atoms with E-state index in [4.69, 9.17) is 9.97 Å². The molecule has 0 saturated carbocycles. The lowest BCUT2D eigenvalue weighted by Gasteiger charge is -2.11. The van der Waals surface area contributed by atoms with Gasteiger partial charge in [0.15, 0.2) is 5.82 Å². The van der Waals surface area contributed by atoms with Crippen molar-refractivity contribution in [3.8, 4) is 11.4 Å². The molecule has 3 aromatic heterocycles. The highest BCUT2D eigenvalue weighted by molar-refractivity contribution is 7.19. The molecular weight excluding hydrogens is 308 g/mol. The number of aliphatic hydroxyl groups is 1. The van der Waals surface area contributed by atoms with E-state index in [1.54, 1.807) is 30.7 Å². The molecule has 0 aromatic carbocycles. The van der Waals surface area contributed by atoms with E-state index in [-0.39, 0.29) is 0 Å². The van der Waals surface area contributed by atoms with Crippen molar-refractivity contribution in [3.05, 3.63) is 35.0 Å². The third-order valence-corrected chi connectivity index (χ3v) is 5.24. The molecule has 3 aromatic rings. The van der Waals surface area contributed by atoms with Gasteiger partial charge < -0.3 is 10.4 Å². The zero-order valence-electron chi connectivity index (χ0n) is 12.9. The number of aliphatic hydroxyl groups excluding tert-OH is 1. The van der Waals surface area contributed by atoms with Gasteiger partial charge >= 0.3 is 0 Å². The fraction of sp³-hybridized carbons (Fsp3) is 0.353. The van der Waals surface area contributed by atoms with Crippen LogP contribution in [0.3, 0.4) is 0 Å². The molecule has 23 heavy (non-hydrogen) atoms. The third-order valence-electron chi connectivity index (χ3n) is 4.05. The van der Waals surface area contributed by atoms with Crippen molar-refractivity contribution in [1.29, 1.82) is 0 Å². The Kier molecular flexibility index (Phi) is 3.71. The SMILES string of the molecule is CC(O)CNc1nc(-c2cccnc2)nc2sc3c(c12)CCC3. The summed E-state index contributed by atoms with van der Waals surface area (Å²) in [4.78, 5) is 16.1. The summed E-state index contributed by atoms with van der Waals surface area (Å²) < 4.78 is 0. The van der Waals surface area contributed by atoms with Crippen molar-refractivity contribution in [1.82, 2.24) is 15.0 Å². The first-order valence-electron chi connectivity index (χ1n) is 7.87. The number of hydrogen-bond donors (Lipinski definition) is 2. The van der Waals surface area contributed by atoms with Crippen molar-refractivity contribution >= 4 is 27.4 Å². The molecule has 0 amide bonds. The number of thiophene rings is 1. The molecule has 0 aliphatic heterocycles. The Morgan fingerprint density at radius 3 is 3.04 bits per heavy atom. The van der Waals surface area contributed by atoms with E-state index in [1.165, 1.54) is 16.9 Å². The molecule has 0 fully saturated rings. The maximum absolute atomic E-state index is 9.60. The molecule has 118 valence electrons. The second kappa shape index (κ2) is 5.86. The first kappa shape index (κ1) is 14.5. The molecule has 4 rings (SSSR count). The zero-order chi connectivity index (χ0) is 15.8.